The average Bonchev–Trinajstić information content (AvgIpc) is 2.66. The van der Waals surface area contributed by atoms with Crippen molar-refractivity contribution >= 4 is 22.6 Å². The van der Waals surface area contributed by atoms with Gasteiger partial charge in [0.25, 0.3) is 0 Å². The summed E-state index contributed by atoms with van der Waals surface area (Å²) in [5.74, 6) is -0.211. The van der Waals surface area contributed by atoms with Crippen LogP contribution in [-0.2, 0) is 5.54 Å². The van der Waals surface area contributed by atoms with Crippen molar-refractivity contribution in [2.75, 3.05) is 0 Å². The lowest BCUT2D eigenvalue weighted by molar-refractivity contribution is -0.187. The molecular weight excluding hydrogens is 291 g/mol. The molecule has 0 aliphatic carbocycles. The molecule has 0 amide bonds. The Morgan fingerprint density at radius 2 is 1.90 bits per heavy atom. The van der Waals surface area contributed by atoms with Crippen LogP contribution in [0.2, 0.25) is 5.02 Å². The Morgan fingerprint density at radius 1 is 1.30 bits per heavy atom. The summed E-state index contributed by atoms with van der Waals surface area (Å²) in [5.41, 5.74) is 3.98. The summed E-state index contributed by atoms with van der Waals surface area (Å²) in [6, 6.07) is 4.60. The topological polar surface area (TPSA) is 43.8 Å². The van der Waals surface area contributed by atoms with Gasteiger partial charge in [-0.2, -0.15) is 13.2 Å². The summed E-state index contributed by atoms with van der Waals surface area (Å²) in [4.78, 5) is 4.07. The third-order valence-corrected chi connectivity index (χ3v) is 3.46. The number of halogens is 4. The molecule has 20 heavy (non-hydrogen) atoms. The van der Waals surface area contributed by atoms with Crippen LogP contribution in [0.15, 0.2) is 18.2 Å². The van der Waals surface area contributed by atoms with Crippen LogP contribution in [-0.4, -0.2) is 15.7 Å². The lowest BCUT2D eigenvalue weighted by Crippen LogP contribution is -2.49. The summed E-state index contributed by atoms with van der Waals surface area (Å²) in [6.07, 6.45) is -4.59. The minimum Gasteiger partial charge on any atom is -0.324 e. The fraction of sp³-hybridized carbons (Fsp3) is 0.462. The molecule has 2 N–H and O–H groups in total. The van der Waals surface area contributed by atoms with Crippen LogP contribution in [0.25, 0.3) is 11.0 Å². The fourth-order valence-electron chi connectivity index (χ4n) is 2.09. The van der Waals surface area contributed by atoms with E-state index in [0.717, 1.165) is 6.92 Å². The number of hydrogen-bond acceptors (Lipinski definition) is 2. The summed E-state index contributed by atoms with van der Waals surface area (Å²) in [5, 5.41) is 0.420. The van der Waals surface area contributed by atoms with Crippen LogP contribution in [0.3, 0.4) is 0 Å². The highest BCUT2D eigenvalue weighted by Gasteiger charge is 2.52. The normalized spacial score (nSPS) is 15.8. The number of alkyl halides is 3. The maximum absolute atomic E-state index is 13.2. The third kappa shape index (κ3) is 2.27. The van der Waals surface area contributed by atoms with E-state index in [1.807, 2.05) is 0 Å². The van der Waals surface area contributed by atoms with Crippen LogP contribution < -0.4 is 5.73 Å². The zero-order chi connectivity index (χ0) is 15.3. The first-order valence-corrected chi connectivity index (χ1v) is 6.47. The Kier molecular flexibility index (Phi) is 3.50. The largest absolute Gasteiger partial charge is 0.413 e. The molecule has 0 spiro atoms. The van der Waals surface area contributed by atoms with E-state index < -0.39 is 11.7 Å². The zero-order valence-corrected chi connectivity index (χ0v) is 12.0. The molecule has 0 saturated heterocycles. The molecule has 1 atom stereocenters. The van der Waals surface area contributed by atoms with Gasteiger partial charge in [-0.25, -0.2) is 4.98 Å². The zero-order valence-electron chi connectivity index (χ0n) is 11.3. The van der Waals surface area contributed by atoms with Crippen molar-refractivity contribution in [2.45, 2.75) is 38.5 Å². The van der Waals surface area contributed by atoms with Gasteiger partial charge in [0.15, 0.2) is 5.54 Å². The van der Waals surface area contributed by atoms with Gasteiger partial charge in [0.2, 0.25) is 0 Å². The van der Waals surface area contributed by atoms with Crippen molar-refractivity contribution < 1.29 is 13.2 Å². The van der Waals surface area contributed by atoms with E-state index in [9.17, 15) is 13.2 Å². The molecule has 3 nitrogen and oxygen atoms in total. The van der Waals surface area contributed by atoms with Crippen molar-refractivity contribution in [2.24, 2.45) is 5.73 Å². The molecule has 0 saturated carbocycles. The van der Waals surface area contributed by atoms with E-state index in [1.54, 1.807) is 26.0 Å². The number of nitrogens with zero attached hydrogens (tertiary/aromatic N) is 2. The Bertz CT molecular complexity index is 644. The molecule has 0 radical (unpaired) electrons. The van der Waals surface area contributed by atoms with Crippen molar-refractivity contribution in [1.82, 2.24) is 9.55 Å². The minimum absolute atomic E-state index is 0.207. The Labute approximate surface area is 119 Å². The highest BCUT2D eigenvalue weighted by Crippen LogP contribution is 2.38. The molecule has 7 heteroatoms. The fourth-order valence-corrected chi connectivity index (χ4v) is 2.25. The van der Waals surface area contributed by atoms with E-state index in [4.69, 9.17) is 17.3 Å². The first kappa shape index (κ1) is 15.1. The van der Waals surface area contributed by atoms with Gasteiger partial charge in [0.05, 0.1) is 11.0 Å². The molecular formula is C13H15ClF3N3. The number of fused-ring (bicyclic) bond motifs is 1. The number of aromatic nitrogens is 2. The Hall–Kier alpha value is -1.27. The SMILES string of the molecule is CC(C)n1c(C(C)(N)C(F)(F)F)nc2cc(Cl)ccc21. The van der Waals surface area contributed by atoms with E-state index in [1.165, 1.54) is 10.6 Å². The number of nitrogens with two attached hydrogens (primary N) is 1. The second-order valence-corrected chi connectivity index (χ2v) is 5.67. The van der Waals surface area contributed by atoms with Gasteiger partial charge in [-0.05, 0) is 39.0 Å². The van der Waals surface area contributed by atoms with Crippen molar-refractivity contribution in [3.63, 3.8) is 0 Å². The molecule has 0 fully saturated rings. The summed E-state index contributed by atoms with van der Waals surface area (Å²) >= 11 is 5.86. The minimum atomic E-state index is -4.59. The second-order valence-electron chi connectivity index (χ2n) is 5.23. The molecule has 1 aromatic carbocycles. The number of benzene rings is 1. The van der Waals surface area contributed by atoms with Crippen LogP contribution in [0.1, 0.15) is 32.6 Å². The first-order chi connectivity index (χ1) is 9.05. The maximum atomic E-state index is 13.2. The van der Waals surface area contributed by atoms with Gasteiger partial charge in [-0.1, -0.05) is 11.6 Å². The molecule has 0 aliphatic heterocycles. The number of hydrogen-bond donors (Lipinski definition) is 1. The standard InChI is InChI=1S/C13H15ClF3N3/c1-7(2)20-10-5-4-8(14)6-9(10)19-11(20)12(3,18)13(15,16)17/h4-7H,18H2,1-3H3. The summed E-state index contributed by atoms with van der Waals surface area (Å²) in [6.45, 7) is 4.49. The van der Waals surface area contributed by atoms with Crippen molar-refractivity contribution in [3.8, 4) is 0 Å². The lowest BCUT2D eigenvalue weighted by atomic mass is 10.0. The maximum Gasteiger partial charge on any atom is 0.413 e. The molecule has 1 aromatic heterocycles. The van der Waals surface area contributed by atoms with Crippen molar-refractivity contribution in [3.05, 3.63) is 29.0 Å². The highest BCUT2D eigenvalue weighted by atomic mass is 35.5. The van der Waals surface area contributed by atoms with E-state index in [2.05, 4.69) is 4.98 Å². The van der Waals surface area contributed by atoms with E-state index in [-0.39, 0.29) is 11.9 Å². The van der Waals surface area contributed by atoms with Crippen LogP contribution in [0, 0.1) is 0 Å². The predicted molar refractivity (Wildman–Crippen MR) is 72.7 cm³/mol. The van der Waals surface area contributed by atoms with Gasteiger partial charge in [-0.3, -0.25) is 0 Å². The Morgan fingerprint density at radius 3 is 2.40 bits per heavy atom. The second kappa shape index (κ2) is 4.63. The van der Waals surface area contributed by atoms with E-state index >= 15 is 0 Å². The quantitative estimate of drug-likeness (QED) is 0.911. The average molecular weight is 306 g/mol. The number of rotatable bonds is 2. The summed E-state index contributed by atoms with van der Waals surface area (Å²) in [7, 11) is 0. The molecule has 0 bridgehead atoms. The van der Waals surface area contributed by atoms with E-state index in [0.29, 0.717) is 16.1 Å². The lowest BCUT2D eigenvalue weighted by Gasteiger charge is -2.28. The summed E-state index contributed by atoms with van der Waals surface area (Å²) < 4.78 is 41.0. The first-order valence-electron chi connectivity index (χ1n) is 6.09. The third-order valence-electron chi connectivity index (χ3n) is 3.22. The molecule has 110 valence electrons. The number of imidazole rings is 1. The van der Waals surface area contributed by atoms with Crippen LogP contribution >= 0.6 is 11.6 Å². The van der Waals surface area contributed by atoms with Gasteiger partial charge in [-0.15, -0.1) is 0 Å². The van der Waals surface area contributed by atoms with Crippen LogP contribution in [0.4, 0.5) is 13.2 Å². The van der Waals surface area contributed by atoms with Crippen LogP contribution in [0.5, 0.6) is 0 Å². The predicted octanol–water partition coefficient (Wildman–Crippen LogP) is 4.01. The van der Waals surface area contributed by atoms with Gasteiger partial charge < -0.3 is 10.3 Å². The molecule has 0 aliphatic rings. The van der Waals surface area contributed by atoms with Gasteiger partial charge in [0, 0.05) is 11.1 Å². The molecule has 2 aromatic rings. The van der Waals surface area contributed by atoms with Crippen molar-refractivity contribution in [1.29, 1.82) is 0 Å². The molecule has 2 rings (SSSR count). The smallest absolute Gasteiger partial charge is 0.324 e. The monoisotopic (exact) mass is 305 g/mol. The van der Waals surface area contributed by atoms with Gasteiger partial charge in [0.1, 0.15) is 5.82 Å². The molecule has 1 unspecified atom stereocenters. The Balaban J connectivity index is 2.79. The highest BCUT2D eigenvalue weighted by molar-refractivity contribution is 6.31. The molecule has 1 heterocycles. The van der Waals surface area contributed by atoms with Gasteiger partial charge >= 0.3 is 6.18 Å².